The molecule has 2 aromatic heterocycles. The largest absolute Gasteiger partial charge is 0.351 e. The van der Waals surface area contributed by atoms with E-state index in [0.717, 1.165) is 16.8 Å². The normalized spacial score (nSPS) is 11.0. The first-order chi connectivity index (χ1) is 14.1. The van der Waals surface area contributed by atoms with Crippen molar-refractivity contribution in [1.29, 1.82) is 0 Å². The summed E-state index contributed by atoms with van der Waals surface area (Å²) in [6.07, 6.45) is 0. The topological polar surface area (TPSA) is 72.2 Å². The van der Waals surface area contributed by atoms with Gasteiger partial charge in [0, 0.05) is 22.2 Å². The predicted molar refractivity (Wildman–Crippen MR) is 115 cm³/mol. The van der Waals surface area contributed by atoms with E-state index in [-0.39, 0.29) is 11.7 Å². The first-order valence-corrected chi connectivity index (χ1v) is 10.5. The van der Waals surface area contributed by atoms with Crippen molar-refractivity contribution < 1.29 is 4.79 Å². The summed E-state index contributed by atoms with van der Waals surface area (Å²) in [7, 11) is 0. The third kappa shape index (κ3) is 4.70. The van der Waals surface area contributed by atoms with Gasteiger partial charge in [-0.1, -0.05) is 65.3 Å². The summed E-state index contributed by atoms with van der Waals surface area (Å²) in [5, 5.41) is 17.5. The third-order valence-electron chi connectivity index (χ3n) is 4.14. The molecular weight excluding hydrogens is 429 g/mol. The molecule has 6 nitrogen and oxygen atoms in total. The Kier molecular flexibility index (Phi) is 5.99. The smallest absolute Gasteiger partial charge is 0.230 e. The van der Waals surface area contributed by atoms with Crippen LogP contribution in [0.4, 0.5) is 0 Å². The van der Waals surface area contributed by atoms with Gasteiger partial charge in [0.15, 0.2) is 5.65 Å². The maximum Gasteiger partial charge on any atom is 0.230 e. The fourth-order valence-corrected chi connectivity index (χ4v) is 3.70. The molecule has 4 rings (SSSR count). The molecule has 2 aromatic carbocycles. The van der Waals surface area contributed by atoms with Gasteiger partial charge < -0.3 is 5.32 Å². The lowest BCUT2D eigenvalue weighted by molar-refractivity contribution is -0.118. The number of carbonyl (C=O) groups is 1. The molecule has 0 bridgehead atoms. The van der Waals surface area contributed by atoms with Gasteiger partial charge in [-0.15, -0.1) is 10.2 Å². The molecule has 0 aliphatic rings. The highest BCUT2D eigenvalue weighted by atomic mass is 35.5. The quantitative estimate of drug-likeness (QED) is 0.443. The summed E-state index contributed by atoms with van der Waals surface area (Å²) >= 11 is 13.3. The lowest BCUT2D eigenvalue weighted by Gasteiger charge is -2.06. The zero-order valence-electron chi connectivity index (χ0n) is 15.0. The van der Waals surface area contributed by atoms with Crippen molar-refractivity contribution in [1.82, 2.24) is 25.1 Å². The molecule has 1 N–H and O–H groups in total. The minimum atomic E-state index is -0.125. The first kappa shape index (κ1) is 19.7. The van der Waals surface area contributed by atoms with Crippen LogP contribution in [0.5, 0.6) is 0 Å². The molecule has 4 aromatic rings. The van der Waals surface area contributed by atoms with Crippen molar-refractivity contribution in [3.05, 3.63) is 76.3 Å². The minimum Gasteiger partial charge on any atom is -0.351 e. The molecule has 0 aliphatic heterocycles. The van der Waals surface area contributed by atoms with Gasteiger partial charge in [0.2, 0.25) is 11.1 Å². The molecule has 29 heavy (non-hydrogen) atoms. The van der Waals surface area contributed by atoms with Gasteiger partial charge >= 0.3 is 0 Å². The van der Waals surface area contributed by atoms with Crippen LogP contribution in [-0.4, -0.2) is 31.5 Å². The number of aromatic nitrogens is 4. The second-order valence-corrected chi connectivity index (χ2v) is 7.92. The fourth-order valence-electron chi connectivity index (χ4n) is 2.65. The molecule has 2 heterocycles. The van der Waals surface area contributed by atoms with Crippen LogP contribution in [0.25, 0.3) is 16.9 Å². The van der Waals surface area contributed by atoms with Crippen LogP contribution in [0.1, 0.15) is 5.56 Å². The minimum absolute atomic E-state index is 0.125. The van der Waals surface area contributed by atoms with E-state index < -0.39 is 0 Å². The summed E-state index contributed by atoms with van der Waals surface area (Å²) in [5.74, 6) is 0.0680. The number of fused-ring (bicyclic) bond motifs is 1. The van der Waals surface area contributed by atoms with Crippen molar-refractivity contribution in [3.8, 4) is 11.3 Å². The van der Waals surface area contributed by atoms with E-state index in [1.54, 1.807) is 10.6 Å². The van der Waals surface area contributed by atoms with Crippen molar-refractivity contribution in [2.45, 2.75) is 11.7 Å². The molecule has 0 saturated carbocycles. The maximum atomic E-state index is 12.2. The molecule has 0 saturated heterocycles. The molecule has 1 amide bonds. The average molecular weight is 444 g/mol. The molecule has 0 radical (unpaired) electrons. The first-order valence-electron chi connectivity index (χ1n) is 8.71. The van der Waals surface area contributed by atoms with Gasteiger partial charge in [0.05, 0.1) is 11.4 Å². The van der Waals surface area contributed by atoms with Crippen LogP contribution < -0.4 is 5.32 Å². The number of halogens is 2. The summed E-state index contributed by atoms with van der Waals surface area (Å²) in [6.45, 7) is 0.374. The highest BCUT2D eigenvalue weighted by Gasteiger charge is 2.12. The molecule has 146 valence electrons. The van der Waals surface area contributed by atoms with E-state index in [1.807, 2.05) is 54.6 Å². The van der Waals surface area contributed by atoms with Gasteiger partial charge in [-0.05, 0) is 35.9 Å². The van der Waals surface area contributed by atoms with Gasteiger partial charge in [0.1, 0.15) is 0 Å². The Labute approximate surface area is 181 Å². The Hall–Kier alpha value is -2.61. The number of carbonyl (C=O) groups excluding carboxylic acids is 1. The van der Waals surface area contributed by atoms with Gasteiger partial charge in [-0.2, -0.15) is 9.61 Å². The lowest BCUT2D eigenvalue weighted by atomic mass is 10.1. The lowest BCUT2D eigenvalue weighted by Crippen LogP contribution is -2.24. The Morgan fingerprint density at radius 3 is 2.59 bits per heavy atom. The average Bonchev–Trinajstić information content (AvgIpc) is 3.14. The Bertz CT molecular complexity index is 1160. The maximum absolute atomic E-state index is 12.2. The van der Waals surface area contributed by atoms with Crippen molar-refractivity contribution in [3.63, 3.8) is 0 Å². The van der Waals surface area contributed by atoms with E-state index in [1.165, 1.54) is 11.8 Å². The number of hydrogen-bond donors (Lipinski definition) is 1. The predicted octanol–water partition coefficient (Wildman–Crippen LogP) is 4.51. The zero-order valence-corrected chi connectivity index (χ0v) is 17.4. The molecular formula is C20H15Cl2N5OS. The monoisotopic (exact) mass is 443 g/mol. The zero-order chi connectivity index (χ0) is 20.2. The molecule has 0 aliphatic carbocycles. The summed E-state index contributed by atoms with van der Waals surface area (Å²) < 4.78 is 1.63. The molecule has 0 fully saturated rings. The van der Waals surface area contributed by atoms with Crippen molar-refractivity contribution in [2.24, 2.45) is 0 Å². The molecule has 0 spiro atoms. The summed E-state index contributed by atoms with van der Waals surface area (Å²) in [6, 6.07) is 18.5. The van der Waals surface area contributed by atoms with Crippen LogP contribution in [-0.2, 0) is 11.3 Å². The Balaban J connectivity index is 1.44. The number of thioether (sulfide) groups is 1. The van der Waals surface area contributed by atoms with E-state index in [2.05, 4.69) is 20.6 Å². The van der Waals surface area contributed by atoms with Crippen LogP contribution in [0.3, 0.4) is 0 Å². The van der Waals surface area contributed by atoms with E-state index in [4.69, 9.17) is 23.2 Å². The van der Waals surface area contributed by atoms with Gasteiger partial charge in [-0.25, -0.2) is 0 Å². The van der Waals surface area contributed by atoms with Crippen molar-refractivity contribution >= 4 is 46.5 Å². The SMILES string of the molecule is O=C(CSc1nnc2ccc(-c3ccc(Cl)cc3)nn12)NCc1ccccc1Cl. The fraction of sp³-hybridized carbons (Fsp3) is 0.100. The number of rotatable bonds is 6. The number of hydrogen-bond acceptors (Lipinski definition) is 5. The van der Waals surface area contributed by atoms with Gasteiger partial charge in [0.25, 0.3) is 0 Å². The second kappa shape index (κ2) is 8.82. The number of amides is 1. The van der Waals surface area contributed by atoms with Crippen molar-refractivity contribution in [2.75, 3.05) is 5.75 Å². The summed E-state index contributed by atoms with van der Waals surface area (Å²) in [5.41, 5.74) is 3.17. The third-order valence-corrected chi connectivity index (χ3v) is 5.68. The molecule has 0 atom stereocenters. The number of nitrogens with one attached hydrogen (secondary N) is 1. The van der Waals surface area contributed by atoms with Gasteiger partial charge in [-0.3, -0.25) is 4.79 Å². The van der Waals surface area contributed by atoms with E-state index in [9.17, 15) is 4.79 Å². The van der Waals surface area contributed by atoms with E-state index >= 15 is 0 Å². The second-order valence-electron chi connectivity index (χ2n) is 6.13. The van der Waals surface area contributed by atoms with Crippen LogP contribution in [0.15, 0.2) is 65.8 Å². The Morgan fingerprint density at radius 2 is 1.79 bits per heavy atom. The Morgan fingerprint density at radius 1 is 1.00 bits per heavy atom. The molecule has 9 heteroatoms. The van der Waals surface area contributed by atoms with Crippen LogP contribution in [0.2, 0.25) is 10.0 Å². The number of nitrogens with zero attached hydrogens (tertiary/aromatic N) is 4. The standard InChI is InChI=1S/C20H15Cl2N5OS/c21-15-7-5-13(6-8-15)17-9-10-18-24-25-20(27(18)26-17)29-12-19(28)23-11-14-3-1-2-4-16(14)22/h1-10H,11-12H2,(H,23,28). The van der Waals surface area contributed by atoms with E-state index in [0.29, 0.717) is 27.4 Å². The van der Waals surface area contributed by atoms with Crippen LogP contribution in [0, 0.1) is 0 Å². The number of benzene rings is 2. The molecule has 0 unspecified atom stereocenters. The highest BCUT2D eigenvalue weighted by Crippen LogP contribution is 2.22. The highest BCUT2D eigenvalue weighted by molar-refractivity contribution is 7.99. The van der Waals surface area contributed by atoms with Crippen LogP contribution >= 0.6 is 35.0 Å². The summed E-state index contributed by atoms with van der Waals surface area (Å²) in [4.78, 5) is 12.2.